The van der Waals surface area contributed by atoms with Gasteiger partial charge in [-0.25, -0.2) is 0 Å². The second-order valence-electron chi connectivity index (χ2n) is 7.30. The van der Waals surface area contributed by atoms with Crippen molar-refractivity contribution in [1.82, 2.24) is 5.32 Å². The summed E-state index contributed by atoms with van der Waals surface area (Å²) in [5.74, 6) is 1.25. The summed E-state index contributed by atoms with van der Waals surface area (Å²) in [6.45, 7) is 0.904. The second kappa shape index (κ2) is 11.4. The molecule has 0 aliphatic rings. The smallest absolute Gasteiger partial charge is 0.259 e. The predicted molar refractivity (Wildman–Crippen MR) is 128 cm³/mol. The molecular formula is C27H24N2O5. The Balaban J connectivity index is 1.34. The van der Waals surface area contributed by atoms with Gasteiger partial charge in [-0.2, -0.15) is 0 Å². The largest absolute Gasteiger partial charge is 0.490 e. The van der Waals surface area contributed by atoms with E-state index < -0.39 is 0 Å². The van der Waals surface area contributed by atoms with Crippen molar-refractivity contribution in [1.29, 1.82) is 0 Å². The highest BCUT2D eigenvalue weighted by atomic mass is 16.5. The maximum absolute atomic E-state index is 12.9. The average molecular weight is 456 g/mol. The van der Waals surface area contributed by atoms with Gasteiger partial charge in [0.15, 0.2) is 0 Å². The molecule has 4 rings (SSSR count). The summed E-state index contributed by atoms with van der Waals surface area (Å²) in [5.41, 5.74) is 1.31. The van der Waals surface area contributed by atoms with E-state index in [4.69, 9.17) is 13.9 Å². The quantitative estimate of drug-likeness (QED) is 0.331. The van der Waals surface area contributed by atoms with Crippen LogP contribution in [-0.2, 0) is 6.54 Å². The minimum Gasteiger partial charge on any atom is -0.490 e. The standard InChI is InChI=1S/C27H24N2O5/c30-26(28-19-23-12-7-15-32-23)20-8-6-9-21(18-20)29-27(31)24-13-4-5-14-25(24)34-17-16-33-22-10-2-1-3-11-22/h1-15,18H,16-17,19H2,(H,28,30)(H,29,31). The first-order valence-corrected chi connectivity index (χ1v) is 10.8. The van der Waals surface area contributed by atoms with E-state index in [0.29, 0.717) is 34.9 Å². The van der Waals surface area contributed by atoms with Crippen LogP contribution in [0.2, 0.25) is 0 Å². The van der Waals surface area contributed by atoms with Crippen molar-refractivity contribution in [3.05, 3.63) is 114 Å². The van der Waals surface area contributed by atoms with E-state index in [1.165, 1.54) is 0 Å². The van der Waals surface area contributed by atoms with Gasteiger partial charge in [0.25, 0.3) is 11.8 Å². The monoisotopic (exact) mass is 456 g/mol. The van der Waals surface area contributed by atoms with Gasteiger partial charge < -0.3 is 24.5 Å². The average Bonchev–Trinajstić information content (AvgIpc) is 3.40. The molecular weight excluding hydrogens is 432 g/mol. The van der Waals surface area contributed by atoms with Crippen LogP contribution in [0.5, 0.6) is 11.5 Å². The van der Waals surface area contributed by atoms with Crippen molar-refractivity contribution in [3.63, 3.8) is 0 Å². The van der Waals surface area contributed by atoms with E-state index in [2.05, 4.69) is 10.6 Å². The number of nitrogens with one attached hydrogen (secondary N) is 2. The number of carbonyl (C=O) groups is 2. The van der Waals surface area contributed by atoms with E-state index >= 15 is 0 Å². The first-order valence-electron chi connectivity index (χ1n) is 10.8. The van der Waals surface area contributed by atoms with Crippen LogP contribution in [0.4, 0.5) is 5.69 Å². The zero-order chi connectivity index (χ0) is 23.6. The molecule has 2 N–H and O–H groups in total. The zero-order valence-electron chi connectivity index (χ0n) is 18.4. The number of benzene rings is 3. The summed E-state index contributed by atoms with van der Waals surface area (Å²) < 4.78 is 16.6. The Hall–Kier alpha value is -4.52. The Morgan fingerprint density at radius 3 is 2.38 bits per heavy atom. The summed E-state index contributed by atoms with van der Waals surface area (Å²) in [5, 5.41) is 5.62. The lowest BCUT2D eigenvalue weighted by Gasteiger charge is -2.13. The normalized spacial score (nSPS) is 10.4. The lowest BCUT2D eigenvalue weighted by Crippen LogP contribution is -2.22. The van der Waals surface area contributed by atoms with Crippen molar-refractivity contribution in [3.8, 4) is 11.5 Å². The molecule has 0 aliphatic heterocycles. The lowest BCUT2D eigenvalue weighted by atomic mass is 10.1. The minimum atomic E-state index is -0.340. The van der Waals surface area contributed by atoms with Crippen molar-refractivity contribution in [2.75, 3.05) is 18.5 Å². The Bertz CT molecular complexity index is 1220. The van der Waals surface area contributed by atoms with E-state index in [0.717, 1.165) is 5.75 Å². The van der Waals surface area contributed by atoms with Gasteiger partial charge in [-0.15, -0.1) is 0 Å². The SMILES string of the molecule is O=C(NCc1ccco1)c1cccc(NC(=O)c2ccccc2OCCOc2ccccc2)c1. The summed E-state index contributed by atoms with van der Waals surface area (Å²) in [6, 6.07) is 26.7. The van der Waals surface area contributed by atoms with Crippen LogP contribution in [0.1, 0.15) is 26.5 Å². The van der Waals surface area contributed by atoms with E-state index in [1.54, 1.807) is 66.9 Å². The molecule has 0 saturated heterocycles. The molecule has 34 heavy (non-hydrogen) atoms. The van der Waals surface area contributed by atoms with Crippen LogP contribution >= 0.6 is 0 Å². The fourth-order valence-corrected chi connectivity index (χ4v) is 3.23. The number of hydrogen-bond donors (Lipinski definition) is 2. The molecule has 0 unspecified atom stereocenters. The van der Waals surface area contributed by atoms with Gasteiger partial charge >= 0.3 is 0 Å². The first kappa shape index (κ1) is 22.7. The molecule has 172 valence electrons. The van der Waals surface area contributed by atoms with Crippen LogP contribution in [-0.4, -0.2) is 25.0 Å². The molecule has 0 aliphatic carbocycles. The molecule has 0 fully saturated rings. The first-order chi connectivity index (χ1) is 16.7. The van der Waals surface area contributed by atoms with Gasteiger partial charge in [0, 0.05) is 11.3 Å². The van der Waals surface area contributed by atoms with Crippen molar-refractivity contribution >= 4 is 17.5 Å². The van der Waals surface area contributed by atoms with Crippen molar-refractivity contribution in [2.24, 2.45) is 0 Å². The molecule has 7 nitrogen and oxygen atoms in total. The van der Waals surface area contributed by atoms with Crippen LogP contribution in [0.15, 0.2) is 102 Å². The van der Waals surface area contributed by atoms with Gasteiger partial charge in [0.1, 0.15) is 30.5 Å². The van der Waals surface area contributed by atoms with Crippen LogP contribution in [0.25, 0.3) is 0 Å². The number of carbonyl (C=O) groups excluding carboxylic acids is 2. The highest BCUT2D eigenvalue weighted by Gasteiger charge is 2.14. The Morgan fingerprint density at radius 2 is 1.56 bits per heavy atom. The Morgan fingerprint density at radius 1 is 0.765 bits per heavy atom. The topological polar surface area (TPSA) is 89.8 Å². The highest BCUT2D eigenvalue weighted by molar-refractivity contribution is 6.06. The maximum atomic E-state index is 12.9. The third kappa shape index (κ3) is 6.26. The number of anilines is 1. The summed E-state index contributed by atoms with van der Waals surface area (Å²) >= 11 is 0. The van der Waals surface area contributed by atoms with Gasteiger partial charge in [-0.3, -0.25) is 9.59 Å². The van der Waals surface area contributed by atoms with E-state index in [1.807, 2.05) is 30.3 Å². The number of rotatable bonds is 10. The fourth-order valence-electron chi connectivity index (χ4n) is 3.23. The molecule has 7 heteroatoms. The molecule has 0 atom stereocenters. The van der Waals surface area contributed by atoms with Gasteiger partial charge in [-0.05, 0) is 54.6 Å². The predicted octanol–water partition coefficient (Wildman–Crippen LogP) is 4.92. The third-order valence-corrected chi connectivity index (χ3v) is 4.87. The van der Waals surface area contributed by atoms with Gasteiger partial charge in [0.2, 0.25) is 0 Å². The molecule has 0 radical (unpaired) electrons. The second-order valence-corrected chi connectivity index (χ2v) is 7.30. The van der Waals surface area contributed by atoms with Gasteiger partial charge in [0.05, 0.1) is 18.4 Å². The molecule has 1 aromatic heterocycles. The summed E-state index contributed by atoms with van der Waals surface area (Å²) in [6.07, 6.45) is 1.55. The van der Waals surface area contributed by atoms with Crippen LogP contribution in [0.3, 0.4) is 0 Å². The zero-order valence-corrected chi connectivity index (χ0v) is 18.4. The summed E-state index contributed by atoms with van der Waals surface area (Å²) in [7, 11) is 0. The van der Waals surface area contributed by atoms with Crippen LogP contribution in [0, 0.1) is 0 Å². The molecule has 0 saturated carbocycles. The molecule has 0 bridgehead atoms. The molecule has 4 aromatic rings. The van der Waals surface area contributed by atoms with E-state index in [-0.39, 0.29) is 25.0 Å². The van der Waals surface area contributed by atoms with E-state index in [9.17, 15) is 9.59 Å². The third-order valence-electron chi connectivity index (χ3n) is 4.87. The molecule has 3 aromatic carbocycles. The minimum absolute atomic E-state index is 0.269. The number of furan rings is 1. The number of amides is 2. The van der Waals surface area contributed by atoms with Crippen molar-refractivity contribution < 1.29 is 23.5 Å². The molecule has 1 heterocycles. The number of hydrogen-bond acceptors (Lipinski definition) is 5. The Kier molecular flexibility index (Phi) is 7.58. The Labute approximate surface area is 197 Å². The summed E-state index contributed by atoms with van der Waals surface area (Å²) in [4.78, 5) is 25.4. The lowest BCUT2D eigenvalue weighted by molar-refractivity contribution is 0.0946. The number of para-hydroxylation sites is 2. The van der Waals surface area contributed by atoms with Gasteiger partial charge in [-0.1, -0.05) is 36.4 Å². The molecule has 0 spiro atoms. The molecule has 2 amide bonds. The van der Waals surface area contributed by atoms with Crippen molar-refractivity contribution in [2.45, 2.75) is 6.54 Å². The fraction of sp³-hybridized carbons (Fsp3) is 0.111. The van der Waals surface area contributed by atoms with Crippen LogP contribution < -0.4 is 20.1 Å². The maximum Gasteiger partial charge on any atom is 0.259 e. The highest BCUT2D eigenvalue weighted by Crippen LogP contribution is 2.20. The number of ether oxygens (including phenoxy) is 2.